The number of rotatable bonds is 6. The van der Waals surface area contributed by atoms with Crippen LogP contribution in [-0.4, -0.2) is 24.5 Å². The van der Waals surface area contributed by atoms with Crippen molar-refractivity contribution in [3.8, 4) is 0 Å². The zero-order chi connectivity index (χ0) is 17.8. The number of hydrogen-bond donors (Lipinski definition) is 2. The van der Waals surface area contributed by atoms with Gasteiger partial charge in [0.05, 0.1) is 0 Å². The molecule has 0 spiro atoms. The topological polar surface area (TPSA) is 41.1 Å². The predicted octanol–water partition coefficient (Wildman–Crippen LogP) is 4.28. The molecule has 144 valence electrons. The molecule has 2 atom stereocenters. The summed E-state index contributed by atoms with van der Waals surface area (Å²) >= 11 is 0. The van der Waals surface area contributed by atoms with E-state index in [0.29, 0.717) is 31.0 Å². The van der Waals surface area contributed by atoms with E-state index in [1.807, 2.05) is 12.1 Å². The number of fused-ring (bicyclic) bond motifs is 2. The first kappa shape index (κ1) is 19.9. The van der Waals surface area contributed by atoms with Gasteiger partial charge in [-0.15, -0.1) is 12.4 Å². The van der Waals surface area contributed by atoms with Gasteiger partial charge in [-0.2, -0.15) is 0 Å². The summed E-state index contributed by atoms with van der Waals surface area (Å²) in [7, 11) is 0. The van der Waals surface area contributed by atoms with Gasteiger partial charge in [0, 0.05) is 31.0 Å². The number of carbonyl (C=O) groups excluding carboxylic acids is 1. The van der Waals surface area contributed by atoms with E-state index in [1.54, 1.807) is 0 Å². The Morgan fingerprint density at radius 3 is 1.96 bits per heavy atom. The summed E-state index contributed by atoms with van der Waals surface area (Å²) in [6.07, 6.45) is 5.56. The second kappa shape index (κ2) is 9.38. The molecule has 3 nitrogen and oxygen atoms in total. The minimum absolute atomic E-state index is 0. The molecule has 1 amide bonds. The van der Waals surface area contributed by atoms with E-state index in [2.05, 4.69) is 59.2 Å². The van der Waals surface area contributed by atoms with Crippen molar-refractivity contribution in [3.05, 3.63) is 71.8 Å². The van der Waals surface area contributed by atoms with E-state index in [9.17, 15) is 4.79 Å². The van der Waals surface area contributed by atoms with E-state index in [1.165, 1.54) is 24.0 Å². The Morgan fingerprint density at radius 1 is 0.926 bits per heavy atom. The first-order chi connectivity index (χ1) is 12.8. The molecule has 2 aliphatic heterocycles. The fourth-order valence-electron chi connectivity index (χ4n) is 4.69. The largest absolute Gasteiger partial charge is 0.355 e. The van der Waals surface area contributed by atoms with Crippen molar-refractivity contribution >= 4 is 18.3 Å². The lowest BCUT2D eigenvalue weighted by Gasteiger charge is -2.29. The molecule has 27 heavy (non-hydrogen) atoms. The lowest BCUT2D eigenvalue weighted by Crippen LogP contribution is -2.40. The van der Waals surface area contributed by atoms with E-state index in [-0.39, 0.29) is 24.2 Å². The number of hydrogen-bond acceptors (Lipinski definition) is 2. The highest BCUT2D eigenvalue weighted by atomic mass is 35.5. The standard InChI is InChI=1S/C23H28N2O.ClH/c26-23(15-17-13-20-11-12-21(14-17)25-20)24-16-22(18-7-3-1-4-8-18)19-9-5-2-6-10-19;/h1-10,17,20-22,25H,11-16H2,(H,24,26);1H. The molecule has 0 aromatic heterocycles. The summed E-state index contributed by atoms with van der Waals surface area (Å²) in [6.45, 7) is 0.657. The van der Waals surface area contributed by atoms with Gasteiger partial charge in [0.1, 0.15) is 0 Å². The van der Waals surface area contributed by atoms with E-state index < -0.39 is 0 Å². The van der Waals surface area contributed by atoms with Gasteiger partial charge in [-0.25, -0.2) is 0 Å². The summed E-state index contributed by atoms with van der Waals surface area (Å²) in [5.74, 6) is 0.944. The van der Waals surface area contributed by atoms with Gasteiger partial charge in [-0.1, -0.05) is 60.7 Å². The number of carbonyl (C=O) groups is 1. The summed E-state index contributed by atoms with van der Waals surface area (Å²) in [5, 5.41) is 6.87. The van der Waals surface area contributed by atoms with Crippen molar-refractivity contribution in [2.45, 2.75) is 50.1 Å². The van der Waals surface area contributed by atoms with Crippen LogP contribution in [0.5, 0.6) is 0 Å². The Labute approximate surface area is 168 Å². The zero-order valence-corrected chi connectivity index (χ0v) is 16.5. The minimum atomic E-state index is 0. The molecule has 0 aliphatic carbocycles. The summed E-state index contributed by atoms with van der Waals surface area (Å²) in [6, 6.07) is 22.2. The number of piperidine rings is 1. The van der Waals surface area contributed by atoms with Crippen molar-refractivity contribution in [3.63, 3.8) is 0 Å². The number of amides is 1. The van der Waals surface area contributed by atoms with Crippen molar-refractivity contribution in [2.24, 2.45) is 5.92 Å². The van der Waals surface area contributed by atoms with Gasteiger partial charge in [0.25, 0.3) is 0 Å². The summed E-state index contributed by atoms with van der Waals surface area (Å²) in [5.41, 5.74) is 2.50. The lowest BCUT2D eigenvalue weighted by molar-refractivity contribution is -0.122. The third-order valence-electron chi connectivity index (χ3n) is 5.95. The molecule has 2 fully saturated rings. The van der Waals surface area contributed by atoms with Crippen LogP contribution in [-0.2, 0) is 4.79 Å². The van der Waals surface area contributed by atoms with E-state index in [4.69, 9.17) is 0 Å². The minimum Gasteiger partial charge on any atom is -0.355 e. The summed E-state index contributed by atoms with van der Waals surface area (Å²) in [4.78, 5) is 12.6. The molecule has 2 N–H and O–H groups in total. The van der Waals surface area contributed by atoms with Crippen molar-refractivity contribution in [1.82, 2.24) is 10.6 Å². The summed E-state index contributed by atoms with van der Waals surface area (Å²) < 4.78 is 0. The van der Waals surface area contributed by atoms with Gasteiger partial charge >= 0.3 is 0 Å². The average molecular weight is 385 g/mol. The van der Waals surface area contributed by atoms with Crippen molar-refractivity contribution < 1.29 is 4.79 Å². The van der Waals surface area contributed by atoms with Crippen LogP contribution in [0.25, 0.3) is 0 Å². The SMILES string of the molecule is Cl.O=C(CC1CC2CCC(C1)N2)NCC(c1ccccc1)c1ccccc1. The third-order valence-corrected chi connectivity index (χ3v) is 5.95. The van der Waals surface area contributed by atoms with Crippen LogP contribution in [0.2, 0.25) is 0 Å². The van der Waals surface area contributed by atoms with E-state index in [0.717, 1.165) is 12.8 Å². The highest BCUT2D eigenvalue weighted by Crippen LogP contribution is 2.32. The van der Waals surface area contributed by atoms with Crippen LogP contribution in [0.15, 0.2) is 60.7 Å². The molecular weight excluding hydrogens is 356 g/mol. The van der Waals surface area contributed by atoms with Crippen LogP contribution < -0.4 is 10.6 Å². The molecule has 4 rings (SSSR count). The van der Waals surface area contributed by atoms with Crippen LogP contribution in [0.4, 0.5) is 0 Å². The van der Waals surface area contributed by atoms with Crippen molar-refractivity contribution in [2.75, 3.05) is 6.54 Å². The molecule has 2 aliphatic rings. The van der Waals surface area contributed by atoms with Crippen LogP contribution in [0, 0.1) is 5.92 Å². The molecule has 2 saturated heterocycles. The Hall–Kier alpha value is -1.84. The number of nitrogens with one attached hydrogen (secondary N) is 2. The molecule has 2 aromatic rings. The Kier molecular flexibility index (Phi) is 6.92. The lowest BCUT2D eigenvalue weighted by atomic mass is 9.89. The second-order valence-electron chi connectivity index (χ2n) is 7.86. The predicted molar refractivity (Wildman–Crippen MR) is 112 cm³/mol. The van der Waals surface area contributed by atoms with Crippen LogP contribution in [0.1, 0.15) is 49.1 Å². The molecule has 2 unspecified atom stereocenters. The molecule has 0 saturated carbocycles. The monoisotopic (exact) mass is 384 g/mol. The normalized spacial score (nSPS) is 23.7. The smallest absolute Gasteiger partial charge is 0.220 e. The van der Waals surface area contributed by atoms with Crippen LogP contribution in [0.3, 0.4) is 0 Å². The van der Waals surface area contributed by atoms with Crippen LogP contribution >= 0.6 is 12.4 Å². The third kappa shape index (κ3) is 5.12. The van der Waals surface area contributed by atoms with Gasteiger partial charge < -0.3 is 10.6 Å². The first-order valence-electron chi connectivity index (χ1n) is 9.90. The molecule has 2 heterocycles. The van der Waals surface area contributed by atoms with Gasteiger partial charge in [0.2, 0.25) is 5.91 Å². The van der Waals surface area contributed by atoms with Gasteiger partial charge in [-0.3, -0.25) is 4.79 Å². The molecular formula is C23H29ClN2O. The quantitative estimate of drug-likeness (QED) is 0.780. The Bertz CT molecular complexity index is 670. The first-order valence-corrected chi connectivity index (χ1v) is 9.90. The highest BCUT2D eigenvalue weighted by Gasteiger charge is 2.34. The number of benzene rings is 2. The molecule has 2 aromatic carbocycles. The van der Waals surface area contributed by atoms with Gasteiger partial charge in [-0.05, 0) is 42.7 Å². The highest BCUT2D eigenvalue weighted by molar-refractivity contribution is 5.85. The fraction of sp³-hybridized carbons (Fsp3) is 0.435. The van der Waals surface area contributed by atoms with Gasteiger partial charge in [0.15, 0.2) is 0 Å². The van der Waals surface area contributed by atoms with Crippen molar-refractivity contribution in [1.29, 1.82) is 0 Å². The molecule has 4 heteroatoms. The fourth-order valence-corrected chi connectivity index (χ4v) is 4.69. The maximum atomic E-state index is 12.6. The maximum absolute atomic E-state index is 12.6. The second-order valence-corrected chi connectivity index (χ2v) is 7.86. The molecule has 0 radical (unpaired) electrons. The number of halogens is 1. The average Bonchev–Trinajstić information content (AvgIpc) is 3.02. The Balaban J connectivity index is 0.00000210. The maximum Gasteiger partial charge on any atom is 0.220 e. The Morgan fingerprint density at radius 2 is 1.44 bits per heavy atom. The molecule has 2 bridgehead atoms. The van der Waals surface area contributed by atoms with E-state index >= 15 is 0 Å². The zero-order valence-electron chi connectivity index (χ0n) is 15.6.